The molecule has 30 heavy (non-hydrogen) atoms. The van der Waals surface area contributed by atoms with E-state index in [-0.39, 0.29) is 0 Å². The van der Waals surface area contributed by atoms with Gasteiger partial charge < -0.3 is 4.90 Å². The van der Waals surface area contributed by atoms with E-state index in [2.05, 4.69) is 63.1 Å². The summed E-state index contributed by atoms with van der Waals surface area (Å²) in [6.45, 7) is 14.5. The van der Waals surface area contributed by atoms with Gasteiger partial charge in [-0.1, -0.05) is 24.6 Å². The number of rotatable bonds is 4. The van der Waals surface area contributed by atoms with Crippen LogP contribution in [0.1, 0.15) is 66.2 Å². The topological polar surface area (TPSA) is 33.4 Å². The summed E-state index contributed by atoms with van der Waals surface area (Å²) in [5.41, 5.74) is 11.1. The van der Waals surface area contributed by atoms with E-state index in [9.17, 15) is 0 Å². The quantitative estimate of drug-likeness (QED) is 0.546. The van der Waals surface area contributed by atoms with Crippen molar-refractivity contribution >= 4 is 11.5 Å². The normalized spacial score (nSPS) is 18.9. The lowest BCUT2D eigenvalue weighted by Gasteiger charge is -2.39. The van der Waals surface area contributed by atoms with Crippen LogP contribution in [0.2, 0.25) is 0 Å². The van der Waals surface area contributed by atoms with E-state index in [1.54, 1.807) is 0 Å². The molecule has 0 amide bonds. The van der Waals surface area contributed by atoms with Crippen LogP contribution < -0.4 is 4.90 Å². The van der Waals surface area contributed by atoms with Crippen LogP contribution in [-0.4, -0.2) is 27.2 Å². The monoisotopic (exact) mass is 402 g/mol. The number of aromatic nitrogens is 3. The molecule has 1 unspecified atom stereocenters. The maximum absolute atomic E-state index is 5.14. The SMILES string of the molecule is CCC1CCc2c(C)nc3c(-c4c(C)cc(C)cc4C)c(C)nn3c2N1CC1CC1. The number of hydrogen-bond acceptors (Lipinski definition) is 3. The molecule has 0 radical (unpaired) electrons. The molecule has 1 atom stereocenters. The van der Waals surface area contributed by atoms with Crippen molar-refractivity contribution < 1.29 is 0 Å². The molecule has 3 aromatic rings. The Labute approximate surface area is 180 Å². The van der Waals surface area contributed by atoms with E-state index in [4.69, 9.17) is 10.1 Å². The van der Waals surface area contributed by atoms with E-state index < -0.39 is 0 Å². The first-order chi connectivity index (χ1) is 14.4. The van der Waals surface area contributed by atoms with E-state index in [0.717, 1.165) is 23.7 Å². The average molecular weight is 403 g/mol. The van der Waals surface area contributed by atoms with Crippen molar-refractivity contribution in [3.63, 3.8) is 0 Å². The van der Waals surface area contributed by atoms with E-state index >= 15 is 0 Å². The first kappa shape index (κ1) is 19.6. The van der Waals surface area contributed by atoms with Gasteiger partial charge in [0.2, 0.25) is 0 Å². The average Bonchev–Trinajstić information content (AvgIpc) is 3.45. The molecule has 5 rings (SSSR count). The summed E-state index contributed by atoms with van der Waals surface area (Å²) in [6, 6.07) is 5.17. The number of anilines is 1. The molecule has 0 N–H and O–H groups in total. The third-order valence-electron chi connectivity index (χ3n) is 7.21. The van der Waals surface area contributed by atoms with E-state index in [1.807, 2.05) is 0 Å². The van der Waals surface area contributed by atoms with Gasteiger partial charge in [-0.15, -0.1) is 0 Å². The zero-order valence-electron chi connectivity index (χ0n) is 19.3. The summed E-state index contributed by atoms with van der Waals surface area (Å²) in [5.74, 6) is 2.17. The minimum Gasteiger partial charge on any atom is -0.353 e. The van der Waals surface area contributed by atoms with Crippen molar-refractivity contribution in [2.75, 3.05) is 11.4 Å². The molecular formula is C26H34N4. The molecule has 2 aromatic heterocycles. The molecule has 0 spiro atoms. The lowest BCUT2D eigenvalue weighted by atomic mass is 9.93. The molecule has 4 nitrogen and oxygen atoms in total. The van der Waals surface area contributed by atoms with Gasteiger partial charge in [-0.25, -0.2) is 4.98 Å². The molecule has 2 aliphatic rings. The highest BCUT2D eigenvalue weighted by atomic mass is 15.4. The molecule has 1 aliphatic heterocycles. The summed E-state index contributed by atoms with van der Waals surface area (Å²) < 4.78 is 2.19. The van der Waals surface area contributed by atoms with Crippen LogP contribution in [0.3, 0.4) is 0 Å². The predicted molar refractivity (Wildman–Crippen MR) is 125 cm³/mol. The van der Waals surface area contributed by atoms with Crippen LogP contribution >= 0.6 is 0 Å². The van der Waals surface area contributed by atoms with Crippen LogP contribution in [0.4, 0.5) is 5.82 Å². The number of nitrogens with zero attached hydrogens (tertiary/aromatic N) is 4. The highest BCUT2D eigenvalue weighted by Crippen LogP contribution is 2.41. The Morgan fingerprint density at radius 3 is 2.27 bits per heavy atom. The minimum atomic E-state index is 0.610. The van der Waals surface area contributed by atoms with Gasteiger partial charge in [-0.05, 0) is 89.3 Å². The molecule has 4 heteroatoms. The molecule has 3 heterocycles. The Hall–Kier alpha value is -2.36. The summed E-state index contributed by atoms with van der Waals surface area (Å²) in [7, 11) is 0. The smallest absolute Gasteiger partial charge is 0.165 e. The molecule has 1 aromatic carbocycles. The number of aryl methyl sites for hydroxylation is 5. The maximum atomic E-state index is 5.14. The van der Waals surface area contributed by atoms with Gasteiger partial charge in [0, 0.05) is 23.8 Å². The van der Waals surface area contributed by atoms with Crippen molar-refractivity contribution in [3.8, 4) is 11.1 Å². The summed E-state index contributed by atoms with van der Waals surface area (Å²) in [6.07, 6.45) is 6.29. The highest BCUT2D eigenvalue weighted by molar-refractivity contribution is 5.85. The van der Waals surface area contributed by atoms with Crippen LogP contribution in [0.5, 0.6) is 0 Å². The van der Waals surface area contributed by atoms with Gasteiger partial charge in [0.25, 0.3) is 0 Å². The summed E-state index contributed by atoms with van der Waals surface area (Å²) in [5, 5.41) is 5.11. The molecular weight excluding hydrogens is 368 g/mol. The standard InChI is InChI=1S/C26H34N4/c1-7-21-10-11-22-18(5)27-25-24(23-16(3)12-15(2)13-17(23)4)19(6)28-30(25)26(22)29(21)14-20-8-9-20/h12-13,20-21H,7-11,14H2,1-6H3. The highest BCUT2D eigenvalue weighted by Gasteiger charge is 2.35. The fraction of sp³-hybridized carbons (Fsp3) is 0.538. The van der Waals surface area contributed by atoms with Gasteiger partial charge in [0.15, 0.2) is 5.65 Å². The lowest BCUT2D eigenvalue weighted by molar-refractivity contribution is 0.487. The fourth-order valence-corrected chi connectivity index (χ4v) is 5.62. The summed E-state index contributed by atoms with van der Waals surface area (Å²) >= 11 is 0. The number of hydrogen-bond donors (Lipinski definition) is 0. The minimum absolute atomic E-state index is 0.610. The number of benzene rings is 1. The van der Waals surface area contributed by atoms with Gasteiger partial charge in [0.1, 0.15) is 5.82 Å². The van der Waals surface area contributed by atoms with Crippen molar-refractivity contribution in [3.05, 3.63) is 45.8 Å². The second-order valence-corrected chi connectivity index (χ2v) is 9.67. The summed E-state index contributed by atoms with van der Waals surface area (Å²) in [4.78, 5) is 7.83. The van der Waals surface area contributed by atoms with E-state index in [0.29, 0.717) is 6.04 Å². The van der Waals surface area contributed by atoms with Crippen molar-refractivity contribution in [2.24, 2.45) is 5.92 Å². The van der Waals surface area contributed by atoms with Gasteiger partial charge in [-0.2, -0.15) is 9.61 Å². The molecule has 1 aliphatic carbocycles. The lowest BCUT2D eigenvalue weighted by Crippen LogP contribution is -2.42. The molecule has 1 fully saturated rings. The zero-order valence-corrected chi connectivity index (χ0v) is 19.3. The van der Waals surface area contributed by atoms with Gasteiger partial charge in [-0.3, -0.25) is 0 Å². The second kappa shape index (κ2) is 7.11. The van der Waals surface area contributed by atoms with Crippen LogP contribution in [0.15, 0.2) is 12.1 Å². The maximum Gasteiger partial charge on any atom is 0.165 e. The molecule has 158 valence electrons. The van der Waals surface area contributed by atoms with Crippen LogP contribution in [0.25, 0.3) is 16.8 Å². The Morgan fingerprint density at radius 2 is 1.63 bits per heavy atom. The first-order valence-corrected chi connectivity index (χ1v) is 11.6. The molecule has 0 bridgehead atoms. The Balaban J connectivity index is 1.78. The Morgan fingerprint density at radius 1 is 0.933 bits per heavy atom. The third-order valence-corrected chi connectivity index (χ3v) is 7.21. The Bertz CT molecular complexity index is 1110. The number of fused-ring (bicyclic) bond motifs is 3. The largest absolute Gasteiger partial charge is 0.353 e. The Kier molecular flexibility index (Phi) is 4.64. The molecule has 0 saturated heterocycles. The fourth-order valence-electron chi connectivity index (χ4n) is 5.62. The second-order valence-electron chi connectivity index (χ2n) is 9.67. The van der Waals surface area contributed by atoms with Gasteiger partial charge >= 0.3 is 0 Å². The van der Waals surface area contributed by atoms with Crippen LogP contribution in [-0.2, 0) is 6.42 Å². The van der Waals surface area contributed by atoms with Crippen LogP contribution in [0, 0.1) is 40.5 Å². The van der Waals surface area contributed by atoms with Crippen molar-refractivity contribution in [1.82, 2.24) is 14.6 Å². The molecule has 1 saturated carbocycles. The predicted octanol–water partition coefficient (Wildman–Crippen LogP) is 5.88. The third kappa shape index (κ3) is 3.03. The van der Waals surface area contributed by atoms with Gasteiger partial charge in [0.05, 0.1) is 11.3 Å². The van der Waals surface area contributed by atoms with Crippen molar-refractivity contribution in [1.29, 1.82) is 0 Å². The zero-order chi connectivity index (χ0) is 21.2. The first-order valence-electron chi connectivity index (χ1n) is 11.6. The van der Waals surface area contributed by atoms with E-state index in [1.165, 1.54) is 77.1 Å². The van der Waals surface area contributed by atoms with Crippen molar-refractivity contribution in [2.45, 2.75) is 79.7 Å².